The Morgan fingerprint density at radius 2 is 2.29 bits per heavy atom. The van der Waals surface area contributed by atoms with Crippen LogP contribution in [0.5, 0.6) is 0 Å². The summed E-state index contributed by atoms with van der Waals surface area (Å²) in [5.74, 6) is 5.77. The standard InChI is InChI=1S/C11H8ClNO3S/c1-8(14)17-6-2-3-9-7-10(13(15)16)4-5-11(9)12/h4-5,7H,6H2,1H3. The highest BCUT2D eigenvalue weighted by Crippen LogP contribution is 2.21. The summed E-state index contributed by atoms with van der Waals surface area (Å²) in [6.07, 6.45) is 0. The normalized spacial score (nSPS) is 9.29. The molecule has 0 saturated heterocycles. The van der Waals surface area contributed by atoms with Crippen molar-refractivity contribution in [1.82, 2.24) is 0 Å². The highest BCUT2D eigenvalue weighted by Gasteiger charge is 2.07. The van der Waals surface area contributed by atoms with Crippen LogP contribution < -0.4 is 0 Å². The van der Waals surface area contributed by atoms with Gasteiger partial charge in [0.25, 0.3) is 5.69 Å². The third-order valence-corrected chi connectivity index (χ3v) is 2.76. The zero-order valence-corrected chi connectivity index (χ0v) is 10.5. The van der Waals surface area contributed by atoms with Crippen LogP contribution in [0.25, 0.3) is 0 Å². The van der Waals surface area contributed by atoms with Crippen LogP contribution in [-0.2, 0) is 4.79 Å². The number of nitrogens with zero attached hydrogens (tertiary/aromatic N) is 1. The van der Waals surface area contributed by atoms with Crippen molar-refractivity contribution >= 4 is 34.2 Å². The van der Waals surface area contributed by atoms with Gasteiger partial charge in [-0.15, -0.1) is 0 Å². The Bertz CT molecular complexity index is 519. The third kappa shape index (κ3) is 4.47. The molecule has 0 aliphatic rings. The smallest absolute Gasteiger partial charge is 0.270 e. The topological polar surface area (TPSA) is 60.2 Å². The predicted molar refractivity (Wildman–Crippen MR) is 68.1 cm³/mol. The largest absolute Gasteiger partial charge is 0.288 e. The second kappa shape index (κ2) is 6.28. The molecule has 0 aliphatic carbocycles. The SMILES string of the molecule is CC(=O)SCC#Cc1cc([N+](=O)[O-])ccc1Cl. The molecule has 0 radical (unpaired) electrons. The molecule has 0 unspecified atom stereocenters. The van der Waals surface area contributed by atoms with E-state index in [1.54, 1.807) is 0 Å². The molecule has 0 N–H and O–H groups in total. The quantitative estimate of drug-likeness (QED) is 0.470. The highest BCUT2D eigenvalue weighted by atomic mass is 35.5. The number of thioether (sulfide) groups is 1. The molecule has 0 aromatic heterocycles. The van der Waals surface area contributed by atoms with E-state index in [1.807, 2.05) is 0 Å². The number of halogens is 1. The summed E-state index contributed by atoms with van der Waals surface area (Å²) < 4.78 is 0. The molecule has 1 aromatic carbocycles. The Morgan fingerprint density at radius 1 is 1.59 bits per heavy atom. The lowest BCUT2D eigenvalue weighted by Gasteiger charge is -1.95. The van der Waals surface area contributed by atoms with Crippen molar-refractivity contribution in [2.45, 2.75) is 6.92 Å². The van der Waals surface area contributed by atoms with Gasteiger partial charge in [0, 0.05) is 24.6 Å². The van der Waals surface area contributed by atoms with Gasteiger partial charge in [-0.2, -0.15) is 0 Å². The molecule has 17 heavy (non-hydrogen) atoms. The van der Waals surface area contributed by atoms with Gasteiger partial charge in [-0.1, -0.05) is 35.2 Å². The van der Waals surface area contributed by atoms with E-state index in [1.165, 1.54) is 25.1 Å². The molecule has 1 rings (SSSR count). The molecule has 0 aliphatic heterocycles. The van der Waals surface area contributed by atoms with Crippen molar-refractivity contribution in [3.63, 3.8) is 0 Å². The molecule has 88 valence electrons. The Balaban J connectivity index is 2.86. The van der Waals surface area contributed by atoms with E-state index in [4.69, 9.17) is 11.6 Å². The number of benzene rings is 1. The van der Waals surface area contributed by atoms with Crippen molar-refractivity contribution in [2.24, 2.45) is 0 Å². The first-order valence-corrected chi connectivity index (χ1v) is 5.93. The Morgan fingerprint density at radius 3 is 2.88 bits per heavy atom. The van der Waals surface area contributed by atoms with Gasteiger partial charge in [0.1, 0.15) is 0 Å². The monoisotopic (exact) mass is 269 g/mol. The summed E-state index contributed by atoms with van der Waals surface area (Å²) in [5, 5.41) is 10.9. The number of carbonyl (C=O) groups is 1. The minimum Gasteiger partial charge on any atom is -0.288 e. The molecule has 0 fully saturated rings. The number of carbonyl (C=O) groups excluding carboxylic acids is 1. The van der Waals surface area contributed by atoms with Gasteiger partial charge in [0.05, 0.1) is 15.7 Å². The predicted octanol–water partition coefficient (Wildman–Crippen LogP) is 2.88. The van der Waals surface area contributed by atoms with Crippen LogP contribution in [0.4, 0.5) is 5.69 Å². The lowest BCUT2D eigenvalue weighted by Crippen LogP contribution is -1.89. The number of rotatable bonds is 2. The molecule has 0 amide bonds. The fourth-order valence-electron chi connectivity index (χ4n) is 0.992. The van der Waals surface area contributed by atoms with E-state index < -0.39 is 4.92 Å². The van der Waals surface area contributed by atoms with E-state index >= 15 is 0 Å². The molecule has 0 spiro atoms. The maximum atomic E-state index is 10.6. The molecule has 0 saturated carbocycles. The van der Waals surface area contributed by atoms with Crippen molar-refractivity contribution in [1.29, 1.82) is 0 Å². The lowest BCUT2D eigenvalue weighted by molar-refractivity contribution is -0.384. The second-order valence-electron chi connectivity index (χ2n) is 3.00. The fourth-order valence-corrected chi connectivity index (χ4v) is 1.50. The van der Waals surface area contributed by atoms with E-state index in [2.05, 4.69) is 11.8 Å². The van der Waals surface area contributed by atoms with Gasteiger partial charge in [-0.05, 0) is 6.07 Å². The Labute approximate surface area is 107 Å². The molecular formula is C11H8ClNO3S. The van der Waals surface area contributed by atoms with E-state index in [0.29, 0.717) is 16.3 Å². The average molecular weight is 270 g/mol. The zero-order valence-electron chi connectivity index (χ0n) is 8.90. The lowest BCUT2D eigenvalue weighted by atomic mass is 10.2. The maximum Gasteiger partial charge on any atom is 0.270 e. The van der Waals surface area contributed by atoms with Gasteiger partial charge >= 0.3 is 0 Å². The third-order valence-electron chi connectivity index (χ3n) is 1.73. The minimum absolute atomic E-state index is 0.0237. The first-order valence-electron chi connectivity index (χ1n) is 4.57. The van der Waals surface area contributed by atoms with Gasteiger partial charge in [0.15, 0.2) is 5.12 Å². The van der Waals surface area contributed by atoms with Crippen molar-refractivity contribution in [2.75, 3.05) is 5.75 Å². The molecule has 0 heterocycles. The second-order valence-corrected chi connectivity index (χ2v) is 4.56. The molecule has 0 bridgehead atoms. The maximum absolute atomic E-state index is 10.6. The van der Waals surface area contributed by atoms with Crippen LogP contribution in [0.1, 0.15) is 12.5 Å². The average Bonchev–Trinajstić information content (AvgIpc) is 2.25. The first-order chi connectivity index (χ1) is 8.00. The van der Waals surface area contributed by atoms with Crippen LogP contribution in [0.2, 0.25) is 5.02 Å². The number of hydrogen-bond acceptors (Lipinski definition) is 4. The Hall–Kier alpha value is -1.51. The molecule has 1 aromatic rings. The molecule has 6 heteroatoms. The van der Waals surface area contributed by atoms with Crippen LogP contribution in [0, 0.1) is 22.0 Å². The molecule has 4 nitrogen and oxygen atoms in total. The highest BCUT2D eigenvalue weighted by molar-refractivity contribution is 8.13. The van der Waals surface area contributed by atoms with Crippen molar-refractivity contribution < 1.29 is 9.72 Å². The van der Waals surface area contributed by atoms with E-state index in [-0.39, 0.29) is 10.8 Å². The molecular weight excluding hydrogens is 262 g/mol. The number of hydrogen-bond donors (Lipinski definition) is 0. The van der Waals surface area contributed by atoms with E-state index in [9.17, 15) is 14.9 Å². The van der Waals surface area contributed by atoms with Gasteiger partial charge in [0.2, 0.25) is 0 Å². The zero-order chi connectivity index (χ0) is 12.8. The summed E-state index contributed by atoms with van der Waals surface area (Å²) in [7, 11) is 0. The fraction of sp³-hybridized carbons (Fsp3) is 0.182. The van der Waals surface area contributed by atoms with Crippen LogP contribution in [-0.4, -0.2) is 15.8 Å². The number of nitro groups is 1. The van der Waals surface area contributed by atoms with Gasteiger partial charge in [-0.3, -0.25) is 14.9 Å². The van der Waals surface area contributed by atoms with Gasteiger partial charge < -0.3 is 0 Å². The van der Waals surface area contributed by atoms with Crippen molar-refractivity contribution in [3.8, 4) is 11.8 Å². The minimum atomic E-state index is -0.508. The summed E-state index contributed by atoms with van der Waals surface area (Å²) in [6, 6.07) is 4.06. The van der Waals surface area contributed by atoms with Gasteiger partial charge in [-0.25, -0.2) is 0 Å². The number of non-ortho nitro benzene ring substituents is 1. The molecule has 0 atom stereocenters. The summed E-state index contributed by atoms with van der Waals surface area (Å²) in [5.41, 5.74) is 0.336. The number of nitro benzene ring substituents is 1. The Kier molecular flexibility index (Phi) is 5.01. The first kappa shape index (κ1) is 13.6. The van der Waals surface area contributed by atoms with E-state index in [0.717, 1.165) is 11.8 Å². The van der Waals surface area contributed by atoms with Crippen LogP contribution in [0.3, 0.4) is 0 Å². The summed E-state index contributed by atoms with van der Waals surface area (Å²) in [6.45, 7) is 1.45. The van der Waals surface area contributed by atoms with Crippen LogP contribution in [0.15, 0.2) is 18.2 Å². The van der Waals surface area contributed by atoms with Crippen LogP contribution >= 0.6 is 23.4 Å². The van der Waals surface area contributed by atoms with Crippen molar-refractivity contribution in [3.05, 3.63) is 38.9 Å². The summed E-state index contributed by atoms with van der Waals surface area (Å²) >= 11 is 6.92. The summed E-state index contributed by atoms with van der Waals surface area (Å²) in [4.78, 5) is 20.7.